The van der Waals surface area contributed by atoms with E-state index in [-0.39, 0.29) is 0 Å². The van der Waals surface area contributed by atoms with Crippen molar-refractivity contribution in [2.45, 2.75) is 19.0 Å². The van der Waals surface area contributed by atoms with Crippen molar-refractivity contribution in [1.29, 1.82) is 0 Å². The molecular formula is C18H18ClNO4. The first-order chi connectivity index (χ1) is 11.6. The molecule has 1 aliphatic rings. The summed E-state index contributed by atoms with van der Waals surface area (Å²) in [4.78, 5) is 11.5. The molecule has 126 valence electrons. The Labute approximate surface area is 145 Å². The van der Waals surface area contributed by atoms with Gasteiger partial charge in [0.25, 0.3) is 0 Å². The van der Waals surface area contributed by atoms with Gasteiger partial charge in [-0.05, 0) is 23.3 Å². The third kappa shape index (κ3) is 3.80. The van der Waals surface area contributed by atoms with E-state index in [0.717, 1.165) is 12.0 Å². The number of carboxylic acid groups (broad SMARTS) is 1. The van der Waals surface area contributed by atoms with E-state index in [0.29, 0.717) is 41.8 Å². The van der Waals surface area contributed by atoms with Crippen LogP contribution in [0.1, 0.15) is 23.6 Å². The topological polar surface area (TPSA) is 67.8 Å². The average molecular weight is 348 g/mol. The summed E-state index contributed by atoms with van der Waals surface area (Å²) in [5.74, 6) is 0.223. The van der Waals surface area contributed by atoms with Crippen molar-refractivity contribution in [3.8, 4) is 11.5 Å². The van der Waals surface area contributed by atoms with E-state index in [2.05, 4.69) is 5.32 Å². The fourth-order valence-corrected chi connectivity index (χ4v) is 2.89. The normalized spacial score (nSPS) is 14.7. The summed E-state index contributed by atoms with van der Waals surface area (Å²) >= 11 is 6.27. The summed E-state index contributed by atoms with van der Waals surface area (Å²) in [5, 5.41) is 13.0. The van der Waals surface area contributed by atoms with Crippen LogP contribution in [0.2, 0.25) is 5.02 Å². The first-order valence-electron chi connectivity index (χ1n) is 7.74. The van der Waals surface area contributed by atoms with Gasteiger partial charge in [-0.15, -0.1) is 0 Å². The number of fused-ring (bicyclic) bond motifs is 1. The molecule has 0 aliphatic carbocycles. The van der Waals surface area contributed by atoms with Crippen molar-refractivity contribution in [2.24, 2.45) is 0 Å². The van der Waals surface area contributed by atoms with Crippen LogP contribution >= 0.6 is 11.6 Å². The second-order valence-corrected chi connectivity index (χ2v) is 5.93. The average Bonchev–Trinajstić information content (AvgIpc) is 2.81. The van der Waals surface area contributed by atoms with Gasteiger partial charge in [0, 0.05) is 13.0 Å². The minimum Gasteiger partial charge on any atom is -0.489 e. The van der Waals surface area contributed by atoms with Gasteiger partial charge in [-0.1, -0.05) is 41.9 Å². The SMILES string of the molecule is O=C(O)[C@@H](NCc1cc(Cl)c2c(c1)OCCCO2)c1ccccc1. The van der Waals surface area contributed by atoms with Crippen molar-refractivity contribution in [3.05, 3.63) is 58.6 Å². The Balaban J connectivity index is 1.77. The first kappa shape index (κ1) is 16.6. The Bertz CT molecular complexity index is 720. The van der Waals surface area contributed by atoms with Crippen molar-refractivity contribution in [2.75, 3.05) is 13.2 Å². The molecule has 0 amide bonds. The summed E-state index contributed by atoms with van der Waals surface area (Å²) in [7, 11) is 0. The molecule has 0 unspecified atom stereocenters. The van der Waals surface area contributed by atoms with E-state index in [1.54, 1.807) is 18.2 Å². The fraction of sp³-hybridized carbons (Fsp3) is 0.278. The lowest BCUT2D eigenvalue weighted by Crippen LogP contribution is -2.28. The third-order valence-electron chi connectivity index (χ3n) is 3.75. The molecular weight excluding hydrogens is 330 g/mol. The van der Waals surface area contributed by atoms with E-state index < -0.39 is 12.0 Å². The Morgan fingerprint density at radius 3 is 2.71 bits per heavy atom. The number of ether oxygens (including phenoxy) is 2. The summed E-state index contributed by atoms with van der Waals surface area (Å²) < 4.78 is 11.3. The third-order valence-corrected chi connectivity index (χ3v) is 4.03. The number of rotatable bonds is 5. The highest BCUT2D eigenvalue weighted by atomic mass is 35.5. The molecule has 2 aromatic rings. The Hall–Kier alpha value is -2.24. The van der Waals surface area contributed by atoms with Gasteiger partial charge in [0.2, 0.25) is 0 Å². The monoisotopic (exact) mass is 347 g/mol. The molecule has 0 saturated heterocycles. The van der Waals surface area contributed by atoms with Gasteiger partial charge < -0.3 is 14.6 Å². The largest absolute Gasteiger partial charge is 0.489 e. The molecule has 5 nitrogen and oxygen atoms in total. The van der Waals surface area contributed by atoms with E-state index in [9.17, 15) is 9.90 Å². The predicted octanol–water partition coefficient (Wildman–Crippen LogP) is 3.42. The van der Waals surface area contributed by atoms with Gasteiger partial charge in [0.1, 0.15) is 6.04 Å². The Morgan fingerprint density at radius 1 is 1.21 bits per heavy atom. The number of halogens is 1. The number of carboxylic acids is 1. The van der Waals surface area contributed by atoms with E-state index >= 15 is 0 Å². The zero-order chi connectivity index (χ0) is 16.9. The lowest BCUT2D eigenvalue weighted by molar-refractivity contribution is -0.139. The lowest BCUT2D eigenvalue weighted by Gasteiger charge is -2.16. The minimum atomic E-state index is -0.929. The highest BCUT2D eigenvalue weighted by Crippen LogP contribution is 2.38. The van der Waals surface area contributed by atoms with Crippen LogP contribution in [0.15, 0.2) is 42.5 Å². The maximum atomic E-state index is 11.5. The number of hydrogen-bond acceptors (Lipinski definition) is 4. The maximum Gasteiger partial charge on any atom is 0.325 e. The van der Waals surface area contributed by atoms with Gasteiger partial charge in [-0.2, -0.15) is 0 Å². The van der Waals surface area contributed by atoms with Gasteiger partial charge in [-0.25, -0.2) is 0 Å². The Kier molecular flexibility index (Phi) is 5.23. The molecule has 0 spiro atoms. The molecule has 2 aromatic carbocycles. The van der Waals surface area contributed by atoms with Gasteiger partial charge in [-0.3, -0.25) is 10.1 Å². The molecule has 3 rings (SSSR count). The predicted molar refractivity (Wildman–Crippen MR) is 90.7 cm³/mol. The second kappa shape index (κ2) is 7.55. The van der Waals surface area contributed by atoms with Gasteiger partial charge >= 0.3 is 5.97 Å². The van der Waals surface area contributed by atoms with Crippen molar-refractivity contribution in [1.82, 2.24) is 5.32 Å². The van der Waals surface area contributed by atoms with Crippen molar-refractivity contribution < 1.29 is 19.4 Å². The fourth-order valence-electron chi connectivity index (χ4n) is 2.60. The second-order valence-electron chi connectivity index (χ2n) is 5.52. The Morgan fingerprint density at radius 2 is 1.96 bits per heavy atom. The summed E-state index contributed by atoms with van der Waals surface area (Å²) in [6, 6.07) is 11.9. The molecule has 0 radical (unpaired) electrons. The molecule has 2 N–H and O–H groups in total. The minimum absolute atomic E-state index is 0.349. The van der Waals surface area contributed by atoms with E-state index in [1.165, 1.54) is 0 Å². The highest BCUT2D eigenvalue weighted by Gasteiger charge is 2.20. The molecule has 24 heavy (non-hydrogen) atoms. The first-order valence-corrected chi connectivity index (χ1v) is 8.12. The van der Waals surface area contributed by atoms with Gasteiger partial charge in [0.05, 0.1) is 18.2 Å². The lowest BCUT2D eigenvalue weighted by atomic mass is 10.1. The molecule has 1 heterocycles. The van der Waals surface area contributed by atoms with E-state index in [4.69, 9.17) is 21.1 Å². The van der Waals surface area contributed by atoms with Crippen LogP contribution in [0.3, 0.4) is 0 Å². The van der Waals surface area contributed by atoms with E-state index in [1.807, 2.05) is 24.3 Å². The summed E-state index contributed by atoms with van der Waals surface area (Å²) in [6.45, 7) is 1.49. The smallest absolute Gasteiger partial charge is 0.325 e. The maximum absolute atomic E-state index is 11.5. The van der Waals surface area contributed by atoms with Crippen LogP contribution in [0.4, 0.5) is 0 Å². The zero-order valence-electron chi connectivity index (χ0n) is 13.0. The van der Waals surface area contributed by atoms with Gasteiger partial charge in [0.15, 0.2) is 11.5 Å². The molecule has 1 aliphatic heterocycles. The molecule has 0 bridgehead atoms. The van der Waals surface area contributed by atoms with Crippen LogP contribution in [0.5, 0.6) is 11.5 Å². The van der Waals surface area contributed by atoms with Crippen LogP contribution in [0, 0.1) is 0 Å². The molecule has 0 aromatic heterocycles. The molecule has 1 atom stereocenters. The van der Waals surface area contributed by atoms with Crippen LogP contribution < -0.4 is 14.8 Å². The van der Waals surface area contributed by atoms with Crippen LogP contribution in [-0.4, -0.2) is 24.3 Å². The molecule has 0 saturated carbocycles. The summed E-state index contributed by atoms with van der Waals surface area (Å²) in [5.41, 5.74) is 1.54. The number of nitrogens with one attached hydrogen (secondary N) is 1. The summed E-state index contributed by atoms with van der Waals surface area (Å²) in [6.07, 6.45) is 0.799. The zero-order valence-corrected chi connectivity index (χ0v) is 13.8. The highest BCUT2D eigenvalue weighted by molar-refractivity contribution is 6.32. The molecule has 0 fully saturated rings. The van der Waals surface area contributed by atoms with Crippen molar-refractivity contribution in [3.63, 3.8) is 0 Å². The van der Waals surface area contributed by atoms with Crippen LogP contribution in [0.25, 0.3) is 0 Å². The quantitative estimate of drug-likeness (QED) is 0.867. The number of benzene rings is 2. The van der Waals surface area contributed by atoms with Crippen LogP contribution in [-0.2, 0) is 11.3 Å². The molecule has 6 heteroatoms. The number of hydrogen-bond donors (Lipinski definition) is 2. The number of carbonyl (C=O) groups is 1. The van der Waals surface area contributed by atoms with Crippen molar-refractivity contribution >= 4 is 17.6 Å². The standard InChI is InChI=1S/C18H18ClNO4/c19-14-9-12(10-15-17(14)24-8-4-7-23-15)11-20-16(18(21)22)13-5-2-1-3-6-13/h1-3,5-6,9-10,16,20H,4,7-8,11H2,(H,21,22)/t16-/m0/s1. The number of aliphatic carboxylic acids is 1.